The van der Waals surface area contributed by atoms with Gasteiger partial charge in [-0.25, -0.2) is 15.0 Å². The van der Waals surface area contributed by atoms with Crippen LogP contribution in [-0.4, -0.2) is 42.7 Å². The molecule has 0 radical (unpaired) electrons. The fourth-order valence-electron chi connectivity index (χ4n) is 4.46. The number of anilines is 1. The molecule has 1 N–H and O–H groups in total. The number of nitrogens with zero attached hydrogens (tertiary/aromatic N) is 3. The van der Waals surface area contributed by atoms with Crippen molar-refractivity contribution < 1.29 is 4.43 Å². The van der Waals surface area contributed by atoms with Gasteiger partial charge in [-0.15, -0.1) is 0 Å². The van der Waals surface area contributed by atoms with Crippen LogP contribution in [0.1, 0.15) is 20.8 Å². The summed E-state index contributed by atoms with van der Waals surface area (Å²) in [7, 11) is -2.57. The van der Waals surface area contributed by atoms with E-state index < -0.39 is 8.32 Å². The Labute approximate surface area is 223 Å². The topological polar surface area (TPSA) is 59.9 Å². The van der Waals surface area contributed by atoms with Crippen molar-refractivity contribution in [2.45, 2.75) is 31.0 Å². The predicted octanol–water partition coefficient (Wildman–Crippen LogP) is 5.90. The van der Waals surface area contributed by atoms with Gasteiger partial charge in [0.15, 0.2) is 5.16 Å². The zero-order valence-electron chi connectivity index (χ0n) is 21.0. The van der Waals surface area contributed by atoms with E-state index >= 15 is 0 Å². The highest BCUT2D eigenvalue weighted by molar-refractivity contribution is 7.98. The van der Waals surface area contributed by atoms with Crippen LogP contribution in [0.5, 0.6) is 0 Å². The summed E-state index contributed by atoms with van der Waals surface area (Å²) >= 11 is 7.61. The molecule has 0 spiro atoms. The second kappa shape index (κ2) is 11.6. The van der Waals surface area contributed by atoms with Crippen molar-refractivity contribution in [2.75, 3.05) is 24.7 Å². The van der Waals surface area contributed by atoms with Gasteiger partial charge in [-0.3, -0.25) is 0 Å². The van der Waals surface area contributed by atoms with E-state index in [0.29, 0.717) is 23.5 Å². The zero-order valence-corrected chi connectivity index (χ0v) is 23.6. The molecule has 0 amide bonds. The highest BCUT2D eigenvalue weighted by Crippen LogP contribution is 2.36. The number of nitrogens with one attached hydrogen (secondary N) is 1. The first-order valence-corrected chi connectivity index (χ1v) is 15.4. The lowest BCUT2D eigenvalue weighted by molar-refractivity contribution is 0.312. The van der Waals surface area contributed by atoms with Gasteiger partial charge in [0.2, 0.25) is 0 Å². The molecule has 0 atom stereocenters. The van der Waals surface area contributed by atoms with Gasteiger partial charge in [-0.05, 0) is 33.8 Å². The van der Waals surface area contributed by atoms with Gasteiger partial charge >= 0.3 is 0 Å². The number of thioether (sulfide) groups is 1. The number of aromatic nitrogens is 3. The maximum Gasteiger partial charge on any atom is 0.261 e. The van der Waals surface area contributed by atoms with Crippen LogP contribution in [0.3, 0.4) is 0 Å². The average Bonchev–Trinajstić information content (AvgIpc) is 2.89. The Morgan fingerprint density at radius 3 is 2.11 bits per heavy atom. The van der Waals surface area contributed by atoms with Crippen LogP contribution in [0.15, 0.2) is 90.2 Å². The largest absolute Gasteiger partial charge is 0.406 e. The standard InChI is InChI=1S/C28H31ClN4OSSi/c1-28(2,3)36(22-11-7-5-8-12-22,23-13-9-6-10-14-23)34-18-17-31-26-20-24(32-27(33-26)35-4)21-15-16-30-25(29)19-21/h5-16,19-20H,17-18H2,1-4H3,(H,31,32,33). The van der Waals surface area contributed by atoms with E-state index in [0.717, 1.165) is 17.1 Å². The summed E-state index contributed by atoms with van der Waals surface area (Å²) in [6, 6.07) is 27.0. The summed E-state index contributed by atoms with van der Waals surface area (Å²) in [6.07, 6.45) is 3.65. The quantitative estimate of drug-likeness (QED) is 0.0948. The van der Waals surface area contributed by atoms with E-state index in [2.05, 4.69) is 102 Å². The predicted molar refractivity (Wildman–Crippen MR) is 154 cm³/mol. The molecule has 2 heterocycles. The third kappa shape index (κ3) is 5.81. The molecular weight excluding hydrogens is 504 g/mol. The second-order valence-corrected chi connectivity index (χ2v) is 14.9. The molecule has 0 bridgehead atoms. The molecule has 186 valence electrons. The van der Waals surface area contributed by atoms with Crippen LogP contribution >= 0.6 is 23.4 Å². The Morgan fingerprint density at radius 2 is 1.56 bits per heavy atom. The normalized spacial score (nSPS) is 11.9. The number of hydrogen-bond donors (Lipinski definition) is 1. The molecular formula is C28H31ClN4OSSi. The second-order valence-electron chi connectivity index (χ2n) is 9.43. The monoisotopic (exact) mass is 534 g/mol. The summed E-state index contributed by atoms with van der Waals surface area (Å²) in [6.45, 7) is 8.02. The lowest BCUT2D eigenvalue weighted by Gasteiger charge is -2.43. The molecule has 0 saturated carbocycles. The lowest BCUT2D eigenvalue weighted by atomic mass is 10.2. The Balaban J connectivity index is 1.58. The third-order valence-electron chi connectivity index (χ3n) is 6.05. The smallest absolute Gasteiger partial charge is 0.261 e. The van der Waals surface area contributed by atoms with E-state index in [4.69, 9.17) is 16.0 Å². The minimum absolute atomic E-state index is 0.0651. The van der Waals surface area contributed by atoms with Crippen molar-refractivity contribution in [3.05, 3.63) is 90.2 Å². The van der Waals surface area contributed by atoms with Gasteiger partial charge in [-0.2, -0.15) is 0 Å². The fourth-order valence-corrected chi connectivity index (χ4v) is 9.58. The third-order valence-corrected chi connectivity index (χ3v) is 11.9. The van der Waals surface area contributed by atoms with Crippen LogP contribution in [-0.2, 0) is 4.43 Å². The van der Waals surface area contributed by atoms with Crippen molar-refractivity contribution in [3.8, 4) is 11.3 Å². The van der Waals surface area contributed by atoms with E-state index in [1.165, 1.54) is 22.1 Å². The van der Waals surface area contributed by atoms with Crippen LogP contribution < -0.4 is 15.7 Å². The maximum absolute atomic E-state index is 6.98. The number of hydrogen-bond acceptors (Lipinski definition) is 6. The molecule has 2 aromatic heterocycles. The molecule has 0 fully saturated rings. The summed E-state index contributed by atoms with van der Waals surface area (Å²) < 4.78 is 6.98. The SMILES string of the molecule is CSc1nc(NCCO[Si](c2ccccc2)(c2ccccc2)C(C)(C)C)cc(-c2ccnc(Cl)c2)n1. The van der Waals surface area contributed by atoms with Crippen LogP contribution in [0, 0.1) is 0 Å². The molecule has 4 rings (SSSR count). The molecule has 0 aliphatic heterocycles. The van der Waals surface area contributed by atoms with Gasteiger partial charge in [0.1, 0.15) is 11.0 Å². The van der Waals surface area contributed by atoms with Crippen molar-refractivity contribution in [3.63, 3.8) is 0 Å². The number of rotatable bonds is 9. The van der Waals surface area contributed by atoms with Crippen molar-refractivity contribution in [2.24, 2.45) is 0 Å². The molecule has 2 aromatic carbocycles. The van der Waals surface area contributed by atoms with E-state index in [-0.39, 0.29) is 5.04 Å². The number of benzene rings is 2. The summed E-state index contributed by atoms with van der Waals surface area (Å²) in [5, 5.41) is 7.06. The summed E-state index contributed by atoms with van der Waals surface area (Å²) in [4.78, 5) is 13.4. The molecule has 0 aliphatic carbocycles. The minimum atomic E-state index is -2.57. The Morgan fingerprint density at radius 1 is 0.917 bits per heavy atom. The maximum atomic E-state index is 6.98. The summed E-state index contributed by atoms with van der Waals surface area (Å²) in [5.74, 6) is 0.753. The highest BCUT2D eigenvalue weighted by Gasteiger charge is 2.49. The van der Waals surface area contributed by atoms with Crippen molar-refractivity contribution >= 4 is 47.9 Å². The molecule has 0 unspecified atom stereocenters. The van der Waals surface area contributed by atoms with Gasteiger partial charge in [0, 0.05) is 24.4 Å². The van der Waals surface area contributed by atoms with E-state index in [1.807, 2.05) is 24.5 Å². The summed E-state index contributed by atoms with van der Waals surface area (Å²) in [5.41, 5.74) is 1.70. The van der Waals surface area contributed by atoms with Crippen molar-refractivity contribution in [1.29, 1.82) is 0 Å². The first-order valence-electron chi connectivity index (χ1n) is 11.9. The van der Waals surface area contributed by atoms with Gasteiger partial charge in [0.05, 0.1) is 12.3 Å². The minimum Gasteiger partial charge on any atom is -0.406 e. The van der Waals surface area contributed by atoms with Crippen LogP contribution in [0.2, 0.25) is 10.2 Å². The van der Waals surface area contributed by atoms with Gasteiger partial charge in [-0.1, -0.05) is 105 Å². The molecule has 0 aliphatic rings. The molecule has 8 heteroatoms. The zero-order chi connectivity index (χ0) is 25.6. The van der Waals surface area contributed by atoms with E-state index in [9.17, 15) is 0 Å². The number of pyridine rings is 1. The molecule has 4 aromatic rings. The fraction of sp³-hybridized carbons (Fsp3) is 0.250. The average molecular weight is 535 g/mol. The molecule has 0 saturated heterocycles. The van der Waals surface area contributed by atoms with Crippen molar-refractivity contribution in [1.82, 2.24) is 15.0 Å². The lowest BCUT2D eigenvalue weighted by Crippen LogP contribution is -2.66. The Hall–Kier alpha value is -2.71. The van der Waals surface area contributed by atoms with Gasteiger partial charge < -0.3 is 9.74 Å². The first-order chi connectivity index (χ1) is 17.3. The Kier molecular flexibility index (Phi) is 8.46. The highest BCUT2D eigenvalue weighted by atomic mass is 35.5. The Bertz CT molecular complexity index is 1250. The molecule has 36 heavy (non-hydrogen) atoms. The van der Waals surface area contributed by atoms with E-state index in [1.54, 1.807) is 6.20 Å². The van der Waals surface area contributed by atoms with Crippen LogP contribution in [0.25, 0.3) is 11.3 Å². The number of halogens is 1. The first kappa shape index (κ1) is 26.4. The van der Waals surface area contributed by atoms with Crippen LogP contribution in [0.4, 0.5) is 5.82 Å². The molecule has 5 nitrogen and oxygen atoms in total. The van der Waals surface area contributed by atoms with Gasteiger partial charge in [0.25, 0.3) is 8.32 Å².